The van der Waals surface area contributed by atoms with Crippen LogP contribution in [0.2, 0.25) is 0 Å². The van der Waals surface area contributed by atoms with E-state index in [4.69, 9.17) is 0 Å². The van der Waals surface area contributed by atoms with Gasteiger partial charge in [-0.1, -0.05) is 12.1 Å². The molecule has 1 aromatic carbocycles. The Balaban J connectivity index is 1.79. The minimum Gasteiger partial charge on any atom is -0.306 e. The van der Waals surface area contributed by atoms with E-state index in [1.807, 2.05) is 0 Å². The average Bonchev–Trinajstić information content (AvgIpc) is 2.84. The van der Waals surface area contributed by atoms with Crippen LogP contribution in [0.25, 0.3) is 0 Å². The number of hydrogen-bond donors (Lipinski definition) is 0. The molecule has 0 bridgehead atoms. The summed E-state index contributed by atoms with van der Waals surface area (Å²) in [5.74, 6) is 0.416. The summed E-state index contributed by atoms with van der Waals surface area (Å²) in [5.41, 5.74) is 1.06. The zero-order valence-corrected chi connectivity index (χ0v) is 13.2. The molecule has 0 aromatic heterocycles. The van der Waals surface area contributed by atoms with Crippen molar-refractivity contribution in [2.45, 2.75) is 19.8 Å². The lowest BCUT2D eigenvalue weighted by Gasteiger charge is -2.20. The second kappa shape index (κ2) is 7.14. The van der Waals surface area contributed by atoms with Gasteiger partial charge in [-0.15, -0.1) is 0 Å². The molecule has 116 valence electrons. The maximum atomic E-state index is 13.5. The topological polar surface area (TPSA) is 23.6 Å². The zero-order chi connectivity index (χ0) is 15.4. The van der Waals surface area contributed by atoms with E-state index in [2.05, 4.69) is 23.9 Å². The van der Waals surface area contributed by atoms with Gasteiger partial charge in [0.15, 0.2) is 5.78 Å². The maximum Gasteiger partial charge on any atom is 0.164 e. The molecule has 1 saturated heterocycles. The Bertz CT molecular complexity index is 504. The number of Topliss-reactive ketones (excluding diaryl/α,β-unsaturated/α-hetero) is 1. The third-order valence-corrected chi connectivity index (χ3v) is 4.27. The predicted molar refractivity (Wildman–Crippen MR) is 83.2 cm³/mol. The van der Waals surface area contributed by atoms with Gasteiger partial charge >= 0.3 is 0 Å². The minimum absolute atomic E-state index is 0.0179. The van der Waals surface area contributed by atoms with Crippen molar-refractivity contribution >= 4 is 5.78 Å². The summed E-state index contributed by atoms with van der Waals surface area (Å²) in [6.45, 7) is 5.77. The van der Waals surface area contributed by atoms with Gasteiger partial charge in [0.05, 0.1) is 0 Å². The number of ketones is 1. The third kappa shape index (κ3) is 4.61. The summed E-state index contributed by atoms with van der Waals surface area (Å²) in [6, 6.07) is 4.73. The maximum absolute atomic E-state index is 13.5. The zero-order valence-electron chi connectivity index (χ0n) is 13.2. The van der Waals surface area contributed by atoms with Crippen molar-refractivity contribution in [1.29, 1.82) is 0 Å². The largest absolute Gasteiger partial charge is 0.306 e. The van der Waals surface area contributed by atoms with E-state index in [0.29, 0.717) is 23.5 Å². The van der Waals surface area contributed by atoms with Crippen LogP contribution < -0.4 is 0 Å². The third-order valence-electron chi connectivity index (χ3n) is 4.27. The Morgan fingerprint density at radius 3 is 2.86 bits per heavy atom. The molecule has 1 aliphatic heterocycles. The monoisotopic (exact) mass is 292 g/mol. The van der Waals surface area contributed by atoms with Gasteiger partial charge in [0.1, 0.15) is 5.82 Å². The van der Waals surface area contributed by atoms with Crippen LogP contribution in [0.5, 0.6) is 0 Å². The molecule has 1 aromatic rings. The molecule has 0 spiro atoms. The molecule has 1 unspecified atom stereocenters. The van der Waals surface area contributed by atoms with Crippen molar-refractivity contribution in [3.63, 3.8) is 0 Å². The van der Waals surface area contributed by atoms with Crippen LogP contribution in [-0.4, -0.2) is 55.9 Å². The van der Waals surface area contributed by atoms with Crippen LogP contribution in [0.15, 0.2) is 18.2 Å². The Hall–Kier alpha value is -1.26. The van der Waals surface area contributed by atoms with Crippen LogP contribution in [0.3, 0.4) is 0 Å². The van der Waals surface area contributed by atoms with Crippen molar-refractivity contribution < 1.29 is 9.18 Å². The Labute approximate surface area is 126 Å². The molecule has 0 aliphatic carbocycles. The second-order valence-corrected chi connectivity index (χ2v) is 6.32. The summed E-state index contributed by atoms with van der Waals surface area (Å²) < 4.78 is 13.5. The number of hydrogen-bond acceptors (Lipinski definition) is 3. The van der Waals surface area contributed by atoms with E-state index >= 15 is 0 Å². The first-order valence-corrected chi connectivity index (χ1v) is 7.62. The van der Waals surface area contributed by atoms with Crippen LogP contribution >= 0.6 is 0 Å². The van der Waals surface area contributed by atoms with Crippen LogP contribution in [-0.2, 0) is 0 Å². The number of halogens is 1. The standard InChI is InChI=1S/C17H25FN2O/c1-13-4-5-15(10-16(13)18)17(21)7-9-20(3)12-14-6-8-19(2)11-14/h4-5,10,14H,6-9,11-12H2,1-3H3. The van der Waals surface area contributed by atoms with Crippen LogP contribution in [0, 0.1) is 18.7 Å². The predicted octanol–water partition coefficient (Wildman–Crippen LogP) is 2.59. The summed E-state index contributed by atoms with van der Waals surface area (Å²) in [7, 11) is 4.21. The van der Waals surface area contributed by atoms with Crippen molar-refractivity contribution in [2.75, 3.05) is 40.3 Å². The van der Waals surface area contributed by atoms with Crippen molar-refractivity contribution in [3.05, 3.63) is 35.1 Å². The number of benzene rings is 1. The SMILES string of the molecule is Cc1ccc(C(=O)CCN(C)CC2CCN(C)C2)cc1F. The van der Waals surface area contributed by atoms with E-state index in [1.165, 1.54) is 19.0 Å². The Kier molecular flexibility index (Phi) is 5.48. The lowest BCUT2D eigenvalue weighted by atomic mass is 10.1. The molecule has 0 saturated carbocycles. The van der Waals surface area contributed by atoms with Crippen molar-refractivity contribution in [1.82, 2.24) is 9.80 Å². The van der Waals surface area contributed by atoms with E-state index in [9.17, 15) is 9.18 Å². The van der Waals surface area contributed by atoms with E-state index < -0.39 is 0 Å². The molecule has 1 heterocycles. The fraction of sp³-hybridized carbons (Fsp3) is 0.588. The molecule has 0 amide bonds. The molecule has 2 rings (SSSR count). The molecule has 1 fully saturated rings. The molecule has 1 aliphatic rings. The minimum atomic E-state index is -0.303. The fourth-order valence-electron chi connectivity index (χ4n) is 2.91. The summed E-state index contributed by atoms with van der Waals surface area (Å²) in [5, 5.41) is 0. The number of carbonyl (C=O) groups excluding carboxylic acids is 1. The highest BCUT2D eigenvalue weighted by molar-refractivity contribution is 5.96. The van der Waals surface area contributed by atoms with E-state index in [1.54, 1.807) is 19.1 Å². The van der Waals surface area contributed by atoms with Gasteiger partial charge in [-0.05, 0) is 51.5 Å². The average molecular weight is 292 g/mol. The molecule has 3 nitrogen and oxygen atoms in total. The first kappa shape index (κ1) is 16.1. The molecule has 0 radical (unpaired) electrons. The van der Waals surface area contributed by atoms with Gasteiger partial charge in [-0.3, -0.25) is 4.79 Å². The van der Waals surface area contributed by atoms with E-state index in [0.717, 1.165) is 19.6 Å². The highest BCUT2D eigenvalue weighted by Gasteiger charge is 2.20. The number of rotatable bonds is 6. The van der Waals surface area contributed by atoms with Gasteiger partial charge in [0.2, 0.25) is 0 Å². The van der Waals surface area contributed by atoms with Crippen molar-refractivity contribution in [3.8, 4) is 0 Å². The van der Waals surface area contributed by atoms with Gasteiger partial charge < -0.3 is 9.80 Å². The first-order chi connectivity index (χ1) is 9.95. The first-order valence-electron chi connectivity index (χ1n) is 7.62. The Morgan fingerprint density at radius 1 is 1.48 bits per heavy atom. The smallest absolute Gasteiger partial charge is 0.164 e. The number of likely N-dealkylation sites (tertiary alicyclic amines) is 1. The Morgan fingerprint density at radius 2 is 2.24 bits per heavy atom. The van der Waals surface area contributed by atoms with Crippen molar-refractivity contribution in [2.24, 2.45) is 5.92 Å². The summed E-state index contributed by atoms with van der Waals surface area (Å²) >= 11 is 0. The molecule has 21 heavy (non-hydrogen) atoms. The fourth-order valence-corrected chi connectivity index (χ4v) is 2.91. The lowest BCUT2D eigenvalue weighted by molar-refractivity contribution is 0.0966. The molecule has 1 atom stereocenters. The van der Waals surface area contributed by atoms with Gasteiger partial charge in [-0.25, -0.2) is 4.39 Å². The van der Waals surface area contributed by atoms with Crippen LogP contribution in [0.4, 0.5) is 4.39 Å². The quantitative estimate of drug-likeness (QED) is 0.753. The summed E-state index contributed by atoms with van der Waals surface area (Å²) in [4.78, 5) is 16.7. The van der Waals surface area contributed by atoms with Gasteiger partial charge in [0, 0.05) is 31.6 Å². The highest BCUT2D eigenvalue weighted by Crippen LogP contribution is 2.16. The normalized spacial score (nSPS) is 19.4. The van der Waals surface area contributed by atoms with E-state index in [-0.39, 0.29) is 11.6 Å². The van der Waals surface area contributed by atoms with Gasteiger partial charge in [-0.2, -0.15) is 0 Å². The second-order valence-electron chi connectivity index (χ2n) is 6.32. The highest BCUT2D eigenvalue weighted by atomic mass is 19.1. The molecule has 0 N–H and O–H groups in total. The number of nitrogens with zero attached hydrogens (tertiary/aromatic N) is 2. The van der Waals surface area contributed by atoms with Gasteiger partial charge in [0.25, 0.3) is 0 Å². The van der Waals surface area contributed by atoms with Crippen LogP contribution in [0.1, 0.15) is 28.8 Å². The molecular weight excluding hydrogens is 267 g/mol. The number of carbonyl (C=O) groups is 1. The lowest BCUT2D eigenvalue weighted by Crippen LogP contribution is -2.29. The number of aryl methyl sites for hydroxylation is 1. The summed E-state index contributed by atoms with van der Waals surface area (Å²) in [6.07, 6.45) is 1.68. The molecular formula is C17H25FN2O. The molecule has 4 heteroatoms.